The second kappa shape index (κ2) is 8.26. The van der Waals surface area contributed by atoms with Crippen molar-refractivity contribution in [2.45, 2.75) is 17.9 Å². The molecule has 0 fully saturated rings. The molecule has 0 amide bonds. The lowest BCUT2D eigenvalue weighted by molar-refractivity contribution is -0.144. The largest absolute Gasteiger partial charge is 0.459 e. The predicted molar refractivity (Wildman–Crippen MR) is 101 cm³/mol. The zero-order valence-corrected chi connectivity index (χ0v) is 16.3. The number of carbonyl (C=O) groups is 1. The van der Waals surface area contributed by atoms with Gasteiger partial charge in [0, 0.05) is 24.0 Å². The molecule has 3 aromatic rings. The Morgan fingerprint density at radius 3 is 2.74 bits per heavy atom. The molecule has 3 rings (SSSR count). The molecule has 142 valence electrons. The highest BCUT2D eigenvalue weighted by molar-refractivity contribution is 7.89. The molecule has 0 aliphatic carbocycles. The second-order valence-corrected chi connectivity index (χ2v) is 8.25. The first kappa shape index (κ1) is 19.6. The van der Waals surface area contributed by atoms with Crippen LogP contribution in [0.3, 0.4) is 0 Å². The summed E-state index contributed by atoms with van der Waals surface area (Å²) in [4.78, 5) is 16.2. The Kier molecular flexibility index (Phi) is 6.01. The summed E-state index contributed by atoms with van der Waals surface area (Å²) < 4.78 is 33.4. The first-order valence-corrected chi connectivity index (χ1v) is 10.1. The molecule has 2 aromatic heterocycles. The normalized spacial score (nSPS) is 11.6. The van der Waals surface area contributed by atoms with Crippen LogP contribution in [0, 0.1) is 0 Å². The van der Waals surface area contributed by atoms with Crippen molar-refractivity contribution < 1.29 is 17.9 Å². The number of hydrogen-bond acceptors (Lipinski definition) is 5. The van der Waals surface area contributed by atoms with Gasteiger partial charge in [0.05, 0.1) is 22.0 Å². The third-order valence-corrected chi connectivity index (χ3v) is 5.49. The van der Waals surface area contributed by atoms with Crippen molar-refractivity contribution in [2.24, 2.45) is 0 Å². The lowest BCUT2D eigenvalue weighted by Crippen LogP contribution is -2.26. The summed E-state index contributed by atoms with van der Waals surface area (Å²) >= 11 is 11.7. The summed E-state index contributed by atoms with van der Waals surface area (Å²) in [7, 11) is -3.74. The zero-order valence-electron chi connectivity index (χ0n) is 13.9. The van der Waals surface area contributed by atoms with Gasteiger partial charge in [-0.25, -0.2) is 18.1 Å². The number of nitrogens with one attached hydrogen (secondary N) is 1. The van der Waals surface area contributed by atoms with E-state index in [1.165, 1.54) is 18.2 Å². The van der Waals surface area contributed by atoms with Gasteiger partial charge in [0.2, 0.25) is 10.0 Å². The van der Waals surface area contributed by atoms with Crippen LogP contribution in [0.4, 0.5) is 0 Å². The summed E-state index contributed by atoms with van der Waals surface area (Å²) in [6.07, 6.45) is 3.29. The number of hydrogen-bond donors (Lipinski definition) is 1. The molecular formula is C17H15Cl2N3O4S. The van der Waals surface area contributed by atoms with E-state index < -0.39 is 16.0 Å². The molecular weight excluding hydrogens is 413 g/mol. The number of pyridine rings is 1. The van der Waals surface area contributed by atoms with Crippen molar-refractivity contribution in [1.82, 2.24) is 14.1 Å². The number of rotatable bonds is 7. The van der Waals surface area contributed by atoms with Crippen LogP contribution in [0.15, 0.2) is 53.7 Å². The van der Waals surface area contributed by atoms with Crippen molar-refractivity contribution in [3.63, 3.8) is 0 Å². The molecule has 7 nitrogen and oxygen atoms in total. The molecule has 0 atom stereocenters. The van der Waals surface area contributed by atoms with Gasteiger partial charge < -0.3 is 9.14 Å². The van der Waals surface area contributed by atoms with Crippen LogP contribution in [0.25, 0.3) is 5.65 Å². The molecule has 1 N–H and O–H groups in total. The number of imidazole rings is 1. The monoisotopic (exact) mass is 427 g/mol. The summed E-state index contributed by atoms with van der Waals surface area (Å²) in [6.45, 7) is -0.104. The van der Waals surface area contributed by atoms with Gasteiger partial charge in [-0.15, -0.1) is 0 Å². The number of sulfonamides is 1. The molecule has 1 aromatic carbocycles. The van der Waals surface area contributed by atoms with Crippen LogP contribution in [0.2, 0.25) is 10.0 Å². The fourth-order valence-electron chi connectivity index (χ4n) is 2.32. The Balaban J connectivity index is 1.49. The van der Waals surface area contributed by atoms with Gasteiger partial charge in [0.25, 0.3) is 0 Å². The first-order valence-electron chi connectivity index (χ1n) is 7.87. The van der Waals surface area contributed by atoms with Crippen LogP contribution >= 0.6 is 23.2 Å². The van der Waals surface area contributed by atoms with Gasteiger partial charge in [-0.05, 0) is 30.3 Å². The van der Waals surface area contributed by atoms with E-state index in [1.54, 1.807) is 35.0 Å². The first-order chi connectivity index (χ1) is 12.8. The van der Waals surface area contributed by atoms with E-state index in [0.29, 0.717) is 21.4 Å². The number of aromatic nitrogens is 2. The van der Waals surface area contributed by atoms with E-state index in [9.17, 15) is 13.2 Å². The fourth-order valence-corrected chi connectivity index (χ4v) is 3.82. The highest BCUT2D eigenvalue weighted by atomic mass is 35.5. The molecule has 0 saturated heterocycles. The van der Waals surface area contributed by atoms with Crippen LogP contribution < -0.4 is 4.72 Å². The lowest BCUT2D eigenvalue weighted by atomic mass is 10.4. The minimum atomic E-state index is -3.74. The summed E-state index contributed by atoms with van der Waals surface area (Å²) in [5.41, 5.74) is 1.24. The molecule has 0 bridgehead atoms. The summed E-state index contributed by atoms with van der Waals surface area (Å²) in [5, 5.41) is 0.876. The van der Waals surface area contributed by atoms with Gasteiger partial charge in [0.15, 0.2) is 0 Å². The maximum atomic E-state index is 12.1. The third-order valence-electron chi connectivity index (χ3n) is 3.57. The number of esters is 1. The van der Waals surface area contributed by atoms with Gasteiger partial charge in [0.1, 0.15) is 12.3 Å². The number of nitrogens with zero attached hydrogens (tertiary/aromatic N) is 2. The molecule has 27 heavy (non-hydrogen) atoms. The van der Waals surface area contributed by atoms with Crippen LogP contribution in [0.1, 0.15) is 12.1 Å². The minimum absolute atomic E-state index is 0.0147. The number of halogens is 2. The standard InChI is InChI=1S/C17H15Cl2N3O4S/c18-12-2-1-3-15(8-12)27(24,25)20-7-6-17(23)26-11-14-10-22-9-13(19)4-5-16(22)21-14/h1-5,8-10,20H,6-7,11H2. The third kappa shape index (κ3) is 5.20. The summed E-state index contributed by atoms with van der Waals surface area (Å²) in [5.74, 6) is -0.543. The Bertz CT molecular complexity index is 1080. The Morgan fingerprint density at radius 1 is 1.15 bits per heavy atom. The maximum absolute atomic E-state index is 12.1. The number of carbonyl (C=O) groups excluding carboxylic acids is 1. The van der Waals surface area contributed by atoms with Gasteiger partial charge >= 0.3 is 5.97 Å². The maximum Gasteiger partial charge on any atom is 0.307 e. The van der Waals surface area contributed by atoms with Crippen molar-refractivity contribution in [3.8, 4) is 0 Å². The van der Waals surface area contributed by atoms with E-state index in [0.717, 1.165) is 0 Å². The van der Waals surface area contributed by atoms with Crippen molar-refractivity contribution in [3.05, 3.63) is 64.5 Å². The van der Waals surface area contributed by atoms with E-state index >= 15 is 0 Å². The highest BCUT2D eigenvalue weighted by Crippen LogP contribution is 2.15. The van der Waals surface area contributed by atoms with E-state index in [2.05, 4.69) is 9.71 Å². The average molecular weight is 428 g/mol. The minimum Gasteiger partial charge on any atom is -0.459 e. The zero-order chi connectivity index (χ0) is 19.4. The van der Waals surface area contributed by atoms with E-state index in [4.69, 9.17) is 27.9 Å². The molecule has 0 unspecified atom stereocenters. The highest BCUT2D eigenvalue weighted by Gasteiger charge is 2.15. The molecule has 0 saturated carbocycles. The van der Waals surface area contributed by atoms with Crippen LogP contribution in [0.5, 0.6) is 0 Å². The molecule has 0 radical (unpaired) electrons. The average Bonchev–Trinajstić information content (AvgIpc) is 3.02. The van der Waals surface area contributed by atoms with Crippen molar-refractivity contribution in [2.75, 3.05) is 6.54 Å². The van der Waals surface area contributed by atoms with Crippen molar-refractivity contribution >= 4 is 44.8 Å². The number of benzene rings is 1. The van der Waals surface area contributed by atoms with Gasteiger partial charge in [-0.3, -0.25) is 4.79 Å². The second-order valence-electron chi connectivity index (χ2n) is 5.61. The topological polar surface area (TPSA) is 89.8 Å². The molecule has 0 spiro atoms. The molecule has 0 aliphatic rings. The van der Waals surface area contributed by atoms with Crippen molar-refractivity contribution in [1.29, 1.82) is 0 Å². The quantitative estimate of drug-likeness (QED) is 0.585. The van der Waals surface area contributed by atoms with E-state index in [-0.39, 0.29) is 24.5 Å². The Labute approximate surface area is 165 Å². The molecule has 2 heterocycles. The number of ether oxygens (including phenoxy) is 1. The number of fused-ring (bicyclic) bond motifs is 1. The molecule has 0 aliphatic heterocycles. The van der Waals surface area contributed by atoms with Gasteiger partial charge in [-0.1, -0.05) is 29.3 Å². The van der Waals surface area contributed by atoms with Gasteiger partial charge in [-0.2, -0.15) is 0 Å². The predicted octanol–water partition coefficient (Wildman–Crippen LogP) is 3.05. The summed E-state index contributed by atoms with van der Waals surface area (Å²) in [6, 6.07) is 9.32. The Hall–Kier alpha value is -2.13. The Morgan fingerprint density at radius 2 is 1.96 bits per heavy atom. The fraction of sp³-hybridized carbons (Fsp3) is 0.176. The molecule has 10 heteroatoms. The van der Waals surface area contributed by atoms with E-state index in [1.807, 2.05) is 0 Å². The lowest BCUT2D eigenvalue weighted by Gasteiger charge is -2.07. The smallest absolute Gasteiger partial charge is 0.307 e. The van der Waals surface area contributed by atoms with Crippen LogP contribution in [-0.4, -0.2) is 30.3 Å². The van der Waals surface area contributed by atoms with Crippen LogP contribution in [-0.2, 0) is 26.2 Å². The SMILES string of the molecule is O=C(CCNS(=O)(=O)c1cccc(Cl)c1)OCc1cn2cc(Cl)ccc2n1.